The number of nitrogen functional groups attached to an aromatic ring is 1. The zero-order valence-corrected chi connectivity index (χ0v) is 11.5. The van der Waals surface area contributed by atoms with E-state index in [1.807, 2.05) is 56.1 Å². The van der Waals surface area contributed by atoms with Crippen LogP contribution in [0.1, 0.15) is 24.1 Å². The smallest absolute Gasteiger partial charge is 0.128 e. The van der Waals surface area contributed by atoms with E-state index in [9.17, 15) is 4.39 Å². The zero-order chi connectivity index (χ0) is 14.0. The van der Waals surface area contributed by atoms with E-state index < -0.39 is 0 Å². The first kappa shape index (κ1) is 13.4. The maximum atomic E-state index is 13.8. The fraction of sp³-hybridized carbons (Fsp3) is 0.250. The lowest BCUT2D eigenvalue weighted by atomic mass is 10.1. The molecule has 2 N–H and O–H groups in total. The van der Waals surface area contributed by atoms with Gasteiger partial charge < -0.3 is 10.6 Å². The number of anilines is 2. The highest BCUT2D eigenvalue weighted by Crippen LogP contribution is 2.28. The molecule has 0 saturated carbocycles. The highest BCUT2D eigenvalue weighted by molar-refractivity contribution is 5.58. The fourth-order valence-corrected chi connectivity index (χ4v) is 2.13. The molecule has 0 fully saturated rings. The topological polar surface area (TPSA) is 29.3 Å². The summed E-state index contributed by atoms with van der Waals surface area (Å²) in [6.45, 7) is 3.96. The van der Waals surface area contributed by atoms with Crippen LogP contribution in [0.5, 0.6) is 0 Å². The molecule has 0 aliphatic carbocycles. The van der Waals surface area contributed by atoms with Crippen molar-refractivity contribution in [1.82, 2.24) is 0 Å². The Bertz CT molecular complexity index is 581. The van der Waals surface area contributed by atoms with E-state index in [1.54, 1.807) is 6.07 Å². The molecule has 0 amide bonds. The van der Waals surface area contributed by atoms with Gasteiger partial charge in [-0.2, -0.15) is 0 Å². The molecule has 1 unspecified atom stereocenters. The number of halogens is 1. The van der Waals surface area contributed by atoms with Crippen LogP contribution in [0, 0.1) is 12.7 Å². The summed E-state index contributed by atoms with van der Waals surface area (Å²) in [7, 11) is 1.96. The number of benzene rings is 2. The minimum Gasteiger partial charge on any atom is -0.399 e. The first-order chi connectivity index (χ1) is 9.00. The largest absolute Gasteiger partial charge is 0.399 e. The van der Waals surface area contributed by atoms with Crippen molar-refractivity contribution in [2.24, 2.45) is 0 Å². The molecule has 2 aromatic carbocycles. The average Bonchev–Trinajstić information content (AvgIpc) is 2.41. The third-order valence-corrected chi connectivity index (χ3v) is 3.60. The van der Waals surface area contributed by atoms with Crippen molar-refractivity contribution in [3.05, 3.63) is 59.4 Å². The molecule has 0 spiro atoms. The first-order valence-electron chi connectivity index (χ1n) is 6.34. The quantitative estimate of drug-likeness (QED) is 0.846. The Balaban J connectivity index is 2.31. The van der Waals surface area contributed by atoms with Gasteiger partial charge in [0, 0.05) is 24.0 Å². The molecule has 3 heteroatoms. The predicted octanol–water partition coefficient (Wildman–Crippen LogP) is 3.91. The Morgan fingerprint density at radius 2 is 1.84 bits per heavy atom. The van der Waals surface area contributed by atoms with Gasteiger partial charge in [0.15, 0.2) is 0 Å². The van der Waals surface area contributed by atoms with Crippen LogP contribution in [0.3, 0.4) is 0 Å². The zero-order valence-electron chi connectivity index (χ0n) is 11.5. The second-order valence-corrected chi connectivity index (χ2v) is 4.85. The lowest BCUT2D eigenvalue weighted by Gasteiger charge is -2.28. The molecule has 0 aromatic heterocycles. The molecule has 0 radical (unpaired) electrons. The Hall–Kier alpha value is -2.03. The Kier molecular flexibility index (Phi) is 3.74. The van der Waals surface area contributed by atoms with E-state index in [2.05, 4.69) is 0 Å². The van der Waals surface area contributed by atoms with Crippen molar-refractivity contribution in [1.29, 1.82) is 0 Å². The van der Waals surface area contributed by atoms with Gasteiger partial charge in [-0.3, -0.25) is 0 Å². The number of hydrogen-bond donors (Lipinski definition) is 1. The van der Waals surface area contributed by atoms with Gasteiger partial charge in [-0.25, -0.2) is 4.39 Å². The van der Waals surface area contributed by atoms with Crippen molar-refractivity contribution < 1.29 is 4.39 Å². The summed E-state index contributed by atoms with van der Waals surface area (Å²) in [4.78, 5) is 2.05. The highest BCUT2D eigenvalue weighted by Gasteiger charge is 2.16. The van der Waals surface area contributed by atoms with Gasteiger partial charge in [0.25, 0.3) is 0 Å². The van der Waals surface area contributed by atoms with E-state index >= 15 is 0 Å². The van der Waals surface area contributed by atoms with Crippen LogP contribution in [0.15, 0.2) is 42.5 Å². The summed E-state index contributed by atoms with van der Waals surface area (Å²) in [5.41, 5.74) is 9.35. The maximum absolute atomic E-state index is 13.8. The number of nitrogens with two attached hydrogens (primary N) is 1. The molecule has 2 nitrogen and oxygen atoms in total. The predicted molar refractivity (Wildman–Crippen MR) is 78.8 cm³/mol. The molecular formula is C16H19FN2. The van der Waals surface area contributed by atoms with Crippen molar-refractivity contribution in [2.75, 3.05) is 17.7 Å². The van der Waals surface area contributed by atoms with Crippen molar-refractivity contribution >= 4 is 11.4 Å². The van der Waals surface area contributed by atoms with E-state index in [4.69, 9.17) is 5.73 Å². The Morgan fingerprint density at radius 3 is 2.47 bits per heavy atom. The van der Waals surface area contributed by atoms with Crippen LogP contribution in [0.25, 0.3) is 0 Å². The van der Waals surface area contributed by atoms with Crippen LogP contribution < -0.4 is 10.6 Å². The molecule has 0 aliphatic rings. The van der Waals surface area contributed by atoms with Crippen LogP contribution in [-0.4, -0.2) is 7.05 Å². The standard InChI is InChI=1S/C16H19FN2/c1-11-10-13(8-9-16(11)18)19(3)12(2)14-6-4-5-7-15(14)17/h4-10,12H,18H2,1-3H3. The van der Waals surface area contributed by atoms with E-state index in [-0.39, 0.29) is 11.9 Å². The third-order valence-electron chi connectivity index (χ3n) is 3.60. The van der Waals surface area contributed by atoms with Crippen LogP contribution in [-0.2, 0) is 0 Å². The number of nitrogens with zero attached hydrogens (tertiary/aromatic N) is 1. The van der Waals surface area contributed by atoms with Gasteiger partial charge >= 0.3 is 0 Å². The SMILES string of the molecule is Cc1cc(N(C)C(C)c2ccccc2F)ccc1N. The van der Waals surface area contributed by atoms with E-state index in [0.29, 0.717) is 5.56 Å². The van der Waals surface area contributed by atoms with E-state index in [1.165, 1.54) is 6.07 Å². The van der Waals surface area contributed by atoms with Crippen LogP contribution >= 0.6 is 0 Å². The number of hydrogen-bond acceptors (Lipinski definition) is 2. The summed E-state index contributed by atoms with van der Waals surface area (Å²) < 4.78 is 13.8. The summed E-state index contributed by atoms with van der Waals surface area (Å²) in [6.07, 6.45) is 0. The van der Waals surface area contributed by atoms with Crippen molar-refractivity contribution in [2.45, 2.75) is 19.9 Å². The van der Waals surface area contributed by atoms with E-state index in [0.717, 1.165) is 16.9 Å². The average molecular weight is 258 g/mol. The van der Waals surface area contributed by atoms with Crippen molar-refractivity contribution in [3.63, 3.8) is 0 Å². The van der Waals surface area contributed by atoms with Crippen LogP contribution in [0.2, 0.25) is 0 Å². The van der Waals surface area contributed by atoms with Gasteiger partial charge in [-0.15, -0.1) is 0 Å². The number of rotatable bonds is 3. The molecule has 19 heavy (non-hydrogen) atoms. The summed E-state index contributed by atoms with van der Waals surface area (Å²) in [6, 6.07) is 12.7. The minimum atomic E-state index is -0.172. The molecule has 0 heterocycles. The molecule has 0 aliphatic heterocycles. The van der Waals surface area contributed by atoms with Gasteiger partial charge in [-0.05, 0) is 43.7 Å². The molecular weight excluding hydrogens is 239 g/mol. The van der Waals surface area contributed by atoms with Gasteiger partial charge in [0.1, 0.15) is 5.82 Å². The summed E-state index contributed by atoms with van der Waals surface area (Å²) in [5, 5.41) is 0. The second kappa shape index (κ2) is 5.31. The monoisotopic (exact) mass is 258 g/mol. The molecule has 100 valence electrons. The lowest BCUT2D eigenvalue weighted by molar-refractivity contribution is 0.585. The fourth-order valence-electron chi connectivity index (χ4n) is 2.13. The van der Waals surface area contributed by atoms with Gasteiger partial charge in [-0.1, -0.05) is 18.2 Å². The van der Waals surface area contributed by atoms with Crippen LogP contribution in [0.4, 0.5) is 15.8 Å². The second-order valence-electron chi connectivity index (χ2n) is 4.85. The molecule has 0 bridgehead atoms. The molecule has 0 saturated heterocycles. The number of aryl methyl sites for hydroxylation is 1. The summed E-state index contributed by atoms with van der Waals surface area (Å²) >= 11 is 0. The minimum absolute atomic E-state index is 0.0378. The lowest BCUT2D eigenvalue weighted by Crippen LogP contribution is -2.22. The first-order valence-corrected chi connectivity index (χ1v) is 6.34. The molecule has 2 rings (SSSR count). The van der Waals surface area contributed by atoms with Crippen molar-refractivity contribution in [3.8, 4) is 0 Å². The Morgan fingerprint density at radius 1 is 1.16 bits per heavy atom. The third kappa shape index (κ3) is 2.70. The van der Waals surface area contributed by atoms with Gasteiger partial charge in [0.05, 0.1) is 6.04 Å². The maximum Gasteiger partial charge on any atom is 0.128 e. The molecule has 1 atom stereocenters. The highest BCUT2D eigenvalue weighted by atomic mass is 19.1. The summed E-state index contributed by atoms with van der Waals surface area (Å²) in [5.74, 6) is -0.172. The molecule has 2 aromatic rings. The normalized spacial score (nSPS) is 12.2. The van der Waals surface area contributed by atoms with Gasteiger partial charge in [0.2, 0.25) is 0 Å². The Labute approximate surface area is 113 Å².